The molecule has 0 unspecified atom stereocenters. The summed E-state index contributed by atoms with van der Waals surface area (Å²) in [5.41, 5.74) is 0.662. The smallest absolute Gasteiger partial charge is 0.257 e. The first kappa shape index (κ1) is 21.1. The Morgan fingerprint density at radius 1 is 1.19 bits per heavy atom. The van der Waals surface area contributed by atoms with Gasteiger partial charge in [0, 0.05) is 52.5 Å². The van der Waals surface area contributed by atoms with E-state index in [9.17, 15) is 13.2 Å². The van der Waals surface area contributed by atoms with Gasteiger partial charge in [-0.2, -0.15) is 9.40 Å². The lowest BCUT2D eigenvalue weighted by atomic mass is 10.2. The highest BCUT2D eigenvalue weighted by Crippen LogP contribution is 2.31. The van der Waals surface area contributed by atoms with Crippen LogP contribution < -0.4 is 4.90 Å². The standard InChI is InChI=1S/C20H24N6O4S/c1-14-17(12-16(30-14)19-15(13-22-23-19)20(27)24(2)3)31(28,29)26-10-8-25(9-11-26)18-6-4-5-7-21-18/h4-7,12-13H,8-11H2,1-3H3,(H,22,23). The Labute approximate surface area is 180 Å². The van der Waals surface area contributed by atoms with Gasteiger partial charge in [0.1, 0.15) is 22.2 Å². The second-order valence-corrected chi connectivity index (χ2v) is 9.37. The number of carbonyl (C=O) groups excluding carboxylic acids is 1. The highest BCUT2D eigenvalue weighted by atomic mass is 32.2. The summed E-state index contributed by atoms with van der Waals surface area (Å²) in [7, 11) is -0.491. The molecule has 1 amide bonds. The Hall–Kier alpha value is -3.18. The van der Waals surface area contributed by atoms with Gasteiger partial charge in [0.05, 0.1) is 11.8 Å². The van der Waals surface area contributed by atoms with Crippen LogP contribution in [-0.4, -0.2) is 79.0 Å². The molecule has 11 heteroatoms. The zero-order chi connectivity index (χ0) is 22.2. The summed E-state index contributed by atoms with van der Waals surface area (Å²) in [6.07, 6.45) is 3.13. The van der Waals surface area contributed by atoms with Crippen LogP contribution in [0.3, 0.4) is 0 Å². The van der Waals surface area contributed by atoms with Crippen molar-refractivity contribution >= 4 is 21.7 Å². The normalized spacial score (nSPS) is 15.3. The number of H-pyrrole nitrogens is 1. The lowest BCUT2D eigenvalue weighted by molar-refractivity contribution is 0.0828. The molecule has 1 aliphatic rings. The van der Waals surface area contributed by atoms with Crippen LogP contribution >= 0.6 is 0 Å². The summed E-state index contributed by atoms with van der Waals surface area (Å²) in [5.74, 6) is 1.09. The van der Waals surface area contributed by atoms with Crippen LogP contribution in [0, 0.1) is 6.92 Å². The molecule has 31 heavy (non-hydrogen) atoms. The van der Waals surface area contributed by atoms with Crippen LogP contribution in [0.25, 0.3) is 11.5 Å². The third kappa shape index (κ3) is 3.93. The Kier molecular flexibility index (Phi) is 5.54. The van der Waals surface area contributed by atoms with E-state index < -0.39 is 10.0 Å². The largest absolute Gasteiger partial charge is 0.458 e. The Morgan fingerprint density at radius 3 is 2.58 bits per heavy atom. The lowest BCUT2D eigenvalue weighted by Crippen LogP contribution is -2.48. The van der Waals surface area contributed by atoms with Crippen LogP contribution in [0.15, 0.2) is 46.0 Å². The molecule has 4 rings (SSSR count). The van der Waals surface area contributed by atoms with E-state index in [1.54, 1.807) is 27.2 Å². The fraction of sp³-hybridized carbons (Fsp3) is 0.350. The number of hydrogen-bond acceptors (Lipinski definition) is 7. The number of hydrogen-bond donors (Lipinski definition) is 1. The predicted octanol–water partition coefficient (Wildman–Crippen LogP) is 1.59. The number of aromatic amines is 1. The van der Waals surface area contributed by atoms with Crippen LogP contribution in [-0.2, 0) is 10.0 Å². The van der Waals surface area contributed by atoms with Gasteiger partial charge in [-0.15, -0.1) is 0 Å². The minimum Gasteiger partial charge on any atom is -0.458 e. The van der Waals surface area contributed by atoms with Crippen molar-refractivity contribution in [1.82, 2.24) is 24.4 Å². The molecule has 1 fully saturated rings. The van der Waals surface area contributed by atoms with Crippen molar-refractivity contribution in [1.29, 1.82) is 0 Å². The third-order valence-corrected chi connectivity index (χ3v) is 7.23. The summed E-state index contributed by atoms with van der Waals surface area (Å²) in [6.45, 7) is 3.37. The van der Waals surface area contributed by atoms with Gasteiger partial charge in [0.15, 0.2) is 5.76 Å². The summed E-state index contributed by atoms with van der Waals surface area (Å²) in [5, 5.41) is 6.67. The number of aromatic nitrogens is 3. The second-order valence-electron chi connectivity index (χ2n) is 7.47. The van der Waals surface area contributed by atoms with Crippen LogP contribution in [0.1, 0.15) is 16.1 Å². The molecule has 164 valence electrons. The molecule has 0 aromatic carbocycles. The molecule has 0 saturated carbocycles. The van der Waals surface area contributed by atoms with Gasteiger partial charge < -0.3 is 14.2 Å². The minimum atomic E-state index is -3.76. The van der Waals surface area contributed by atoms with E-state index in [1.165, 1.54) is 21.5 Å². The third-order valence-electron chi connectivity index (χ3n) is 5.22. The molecule has 1 saturated heterocycles. The second kappa shape index (κ2) is 8.16. The number of aryl methyl sites for hydroxylation is 1. The zero-order valence-corrected chi connectivity index (χ0v) is 18.4. The van der Waals surface area contributed by atoms with Crippen molar-refractivity contribution in [3.05, 3.63) is 48.0 Å². The molecule has 3 aromatic heterocycles. The molecule has 0 radical (unpaired) electrons. The van der Waals surface area contributed by atoms with E-state index in [-0.39, 0.29) is 22.3 Å². The molecule has 4 heterocycles. The minimum absolute atomic E-state index is 0.0895. The predicted molar refractivity (Wildman–Crippen MR) is 114 cm³/mol. The van der Waals surface area contributed by atoms with Gasteiger partial charge in [0.2, 0.25) is 10.0 Å². The SMILES string of the molecule is Cc1oc(-c2[nH]ncc2C(=O)N(C)C)cc1S(=O)(=O)N1CCN(c2ccccn2)CC1. The molecule has 0 bridgehead atoms. The van der Waals surface area contributed by atoms with E-state index in [1.807, 2.05) is 18.2 Å². The maximum atomic E-state index is 13.3. The lowest BCUT2D eigenvalue weighted by Gasteiger charge is -2.34. The zero-order valence-electron chi connectivity index (χ0n) is 17.6. The van der Waals surface area contributed by atoms with Crippen LogP contribution in [0.2, 0.25) is 0 Å². The van der Waals surface area contributed by atoms with Gasteiger partial charge in [-0.05, 0) is 19.1 Å². The number of carbonyl (C=O) groups is 1. The van der Waals surface area contributed by atoms with Crippen molar-refractivity contribution in [2.75, 3.05) is 45.2 Å². The summed E-state index contributed by atoms with van der Waals surface area (Å²) >= 11 is 0. The number of furan rings is 1. The van der Waals surface area contributed by atoms with Crippen molar-refractivity contribution < 1.29 is 17.6 Å². The number of pyridine rings is 1. The molecule has 1 aliphatic heterocycles. The fourth-order valence-corrected chi connectivity index (χ4v) is 5.14. The molecule has 1 N–H and O–H groups in total. The highest BCUT2D eigenvalue weighted by molar-refractivity contribution is 7.89. The van der Waals surface area contributed by atoms with E-state index in [2.05, 4.69) is 20.1 Å². The Morgan fingerprint density at radius 2 is 1.94 bits per heavy atom. The first-order chi connectivity index (χ1) is 14.8. The Bertz CT molecular complexity index is 1180. The monoisotopic (exact) mass is 444 g/mol. The number of sulfonamides is 1. The first-order valence-electron chi connectivity index (χ1n) is 9.81. The Balaban J connectivity index is 1.56. The van der Waals surface area contributed by atoms with Crippen molar-refractivity contribution in [2.24, 2.45) is 0 Å². The van der Waals surface area contributed by atoms with Crippen molar-refractivity contribution in [2.45, 2.75) is 11.8 Å². The van der Waals surface area contributed by atoms with Gasteiger partial charge in [0.25, 0.3) is 5.91 Å². The molecule has 3 aromatic rings. The topological polar surface area (TPSA) is 116 Å². The van der Waals surface area contributed by atoms with Gasteiger partial charge in [-0.25, -0.2) is 13.4 Å². The molecule has 0 spiro atoms. The van der Waals surface area contributed by atoms with E-state index >= 15 is 0 Å². The summed E-state index contributed by atoms with van der Waals surface area (Å²) in [6, 6.07) is 7.12. The molecular formula is C20H24N6O4S. The number of rotatable bonds is 5. The fourth-order valence-electron chi connectivity index (χ4n) is 3.56. The molecule has 0 aliphatic carbocycles. The molecule has 0 atom stereocenters. The number of anilines is 1. The summed E-state index contributed by atoms with van der Waals surface area (Å²) in [4.78, 5) is 20.3. The maximum Gasteiger partial charge on any atom is 0.257 e. The number of amides is 1. The van der Waals surface area contributed by atoms with Gasteiger partial charge >= 0.3 is 0 Å². The van der Waals surface area contributed by atoms with E-state index in [0.29, 0.717) is 37.4 Å². The summed E-state index contributed by atoms with van der Waals surface area (Å²) < 4.78 is 33.8. The van der Waals surface area contributed by atoms with Gasteiger partial charge in [-0.1, -0.05) is 6.07 Å². The van der Waals surface area contributed by atoms with Crippen LogP contribution in [0.5, 0.6) is 0 Å². The number of piperazine rings is 1. The quantitative estimate of drug-likeness (QED) is 0.635. The molecule has 10 nitrogen and oxygen atoms in total. The van der Waals surface area contributed by atoms with Gasteiger partial charge in [-0.3, -0.25) is 9.89 Å². The average Bonchev–Trinajstić information content (AvgIpc) is 3.40. The van der Waals surface area contributed by atoms with Crippen LogP contribution in [0.4, 0.5) is 5.82 Å². The van der Waals surface area contributed by atoms with Crippen molar-refractivity contribution in [3.63, 3.8) is 0 Å². The molecular weight excluding hydrogens is 420 g/mol. The highest BCUT2D eigenvalue weighted by Gasteiger charge is 2.33. The first-order valence-corrected chi connectivity index (χ1v) is 11.2. The maximum absolute atomic E-state index is 13.3. The average molecular weight is 445 g/mol. The number of nitrogens with zero attached hydrogens (tertiary/aromatic N) is 5. The van der Waals surface area contributed by atoms with Crippen molar-refractivity contribution in [3.8, 4) is 11.5 Å². The number of nitrogens with one attached hydrogen (secondary N) is 1. The van der Waals surface area contributed by atoms with E-state index in [0.717, 1.165) is 5.82 Å². The van der Waals surface area contributed by atoms with E-state index in [4.69, 9.17) is 4.42 Å².